The second kappa shape index (κ2) is 8.11. The number of fused-ring (bicyclic) bond motifs is 5. The number of aliphatic hydroxyl groups is 1. The van der Waals surface area contributed by atoms with Gasteiger partial charge in [0.1, 0.15) is 0 Å². The van der Waals surface area contributed by atoms with E-state index in [4.69, 9.17) is 5.11 Å². The predicted octanol–water partition coefficient (Wildman–Crippen LogP) is 6.37. The van der Waals surface area contributed by atoms with Gasteiger partial charge < -0.3 is 10.2 Å². The van der Waals surface area contributed by atoms with Crippen LogP contribution < -0.4 is 0 Å². The predicted molar refractivity (Wildman–Crippen MR) is 121 cm³/mol. The SMILES string of the molecule is C/C(=C\CCC(C)C1CCC2C3CC=C4CC(O)CCC4(C)C3CCC12C)C(=O)O. The fourth-order valence-electron chi connectivity index (χ4n) is 8.47. The summed E-state index contributed by atoms with van der Waals surface area (Å²) >= 11 is 0. The topological polar surface area (TPSA) is 57.5 Å². The molecule has 0 heterocycles. The monoisotopic (exact) mass is 414 g/mol. The Morgan fingerprint density at radius 2 is 1.97 bits per heavy atom. The van der Waals surface area contributed by atoms with Crippen LogP contribution in [0.4, 0.5) is 0 Å². The maximum absolute atomic E-state index is 11.1. The molecule has 0 saturated heterocycles. The average molecular weight is 415 g/mol. The van der Waals surface area contributed by atoms with Crippen LogP contribution in [0.25, 0.3) is 0 Å². The molecule has 0 bridgehead atoms. The van der Waals surface area contributed by atoms with Crippen molar-refractivity contribution in [2.24, 2.45) is 40.4 Å². The summed E-state index contributed by atoms with van der Waals surface area (Å²) in [5, 5.41) is 19.3. The highest BCUT2D eigenvalue weighted by Gasteiger charge is 2.59. The Morgan fingerprint density at radius 3 is 2.70 bits per heavy atom. The highest BCUT2D eigenvalue weighted by atomic mass is 16.4. The van der Waals surface area contributed by atoms with Crippen LogP contribution in [-0.4, -0.2) is 22.3 Å². The number of hydrogen-bond donors (Lipinski definition) is 2. The third-order valence-electron chi connectivity index (χ3n) is 10.2. The summed E-state index contributed by atoms with van der Waals surface area (Å²) in [5.41, 5.74) is 2.82. The zero-order chi connectivity index (χ0) is 21.7. The highest BCUT2D eigenvalue weighted by molar-refractivity contribution is 5.85. The van der Waals surface area contributed by atoms with E-state index in [1.807, 2.05) is 6.08 Å². The fourth-order valence-corrected chi connectivity index (χ4v) is 8.47. The van der Waals surface area contributed by atoms with Crippen molar-refractivity contribution in [1.29, 1.82) is 0 Å². The van der Waals surface area contributed by atoms with Crippen molar-refractivity contribution in [1.82, 2.24) is 0 Å². The molecule has 0 radical (unpaired) electrons. The van der Waals surface area contributed by atoms with Gasteiger partial charge in [0.05, 0.1) is 6.10 Å². The van der Waals surface area contributed by atoms with Gasteiger partial charge in [0.2, 0.25) is 0 Å². The molecule has 168 valence electrons. The molecule has 30 heavy (non-hydrogen) atoms. The van der Waals surface area contributed by atoms with Gasteiger partial charge >= 0.3 is 5.97 Å². The minimum Gasteiger partial charge on any atom is -0.478 e. The largest absolute Gasteiger partial charge is 0.478 e. The van der Waals surface area contributed by atoms with Gasteiger partial charge in [-0.2, -0.15) is 0 Å². The van der Waals surface area contributed by atoms with Gasteiger partial charge in [-0.25, -0.2) is 4.79 Å². The molecule has 4 aliphatic carbocycles. The Morgan fingerprint density at radius 1 is 1.20 bits per heavy atom. The van der Waals surface area contributed by atoms with Crippen LogP contribution in [0.5, 0.6) is 0 Å². The van der Waals surface area contributed by atoms with Crippen LogP contribution in [-0.2, 0) is 4.79 Å². The molecule has 0 aromatic carbocycles. The maximum Gasteiger partial charge on any atom is 0.330 e. The molecule has 2 N–H and O–H groups in total. The van der Waals surface area contributed by atoms with E-state index in [1.54, 1.807) is 12.5 Å². The zero-order valence-electron chi connectivity index (χ0n) is 19.5. The third kappa shape index (κ3) is 3.59. The molecular weight excluding hydrogens is 372 g/mol. The van der Waals surface area contributed by atoms with E-state index in [-0.39, 0.29) is 6.10 Å². The molecule has 0 aromatic heterocycles. The van der Waals surface area contributed by atoms with Crippen molar-refractivity contribution in [3.63, 3.8) is 0 Å². The van der Waals surface area contributed by atoms with Crippen molar-refractivity contribution in [2.75, 3.05) is 0 Å². The summed E-state index contributed by atoms with van der Waals surface area (Å²) in [6.45, 7) is 9.22. The van der Waals surface area contributed by atoms with Crippen LogP contribution in [0, 0.1) is 40.4 Å². The van der Waals surface area contributed by atoms with Crippen LogP contribution in [0.2, 0.25) is 0 Å². The molecule has 4 aliphatic rings. The molecule has 0 spiro atoms. The van der Waals surface area contributed by atoms with Gasteiger partial charge in [0.25, 0.3) is 0 Å². The third-order valence-corrected chi connectivity index (χ3v) is 10.2. The Balaban J connectivity index is 1.47. The smallest absolute Gasteiger partial charge is 0.330 e. The van der Waals surface area contributed by atoms with E-state index in [0.717, 1.165) is 49.4 Å². The molecule has 3 nitrogen and oxygen atoms in total. The average Bonchev–Trinajstić information content (AvgIpc) is 3.05. The first-order valence-corrected chi connectivity index (χ1v) is 12.4. The molecule has 3 heteroatoms. The molecule has 8 atom stereocenters. The minimum absolute atomic E-state index is 0.120. The van der Waals surface area contributed by atoms with Crippen LogP contribution in [0.15, 0.2) is 23.3 Å². The molecule has 0 aromatic rings. The number of rotatable bonds is 5. The second-order valence-corrected chi connectivity index (χ2v) is 11.6. The summed E-state index contributed by atoms with van der Waals surface area (Å²) in [5.74, 6) is 3.10. The lowest BCUT2D eigenvalue weighted by atomic mass is 9.47. The Bertz CT molecular complexity index is 736. The van der Waals surface area contributed by atoms with Crippen molar-refractivity contribution in [2.45, 2.75) is 98.0 Å². The molecule has 0 amide bonds. The number of allylic oxidation sites excluding steroid dienone is 2. The van der Waals surface area contributed by atoms with Crippen LogP contribution >= 0.6 is 0 Å². The fraction of sp³-hybridized carbons (Fsp3) is 0.815. The van der Waals surface area contributed by atoms with Crippen LogP contribution in [0.1, 0.15) is 91.9 Å². The van der Waals surface area contributed by atoms with E-state index in [1.165, 1.54) is 38.5 Å². The minimum atomic E-state index is -0.790. The first-order valence-electron chi connectivity index (χ1n) is 12.4. The van der Waals surface area contributed by atoms with Gasteiger partial charge in [0, 0.05) is 5.57 Å². The van der Waals surface area contributed by atoms with Gasteiger partial charge in [0.15, 0.2) is 0 Å². The molecule has 8 unspecified atom stereocenters. The second-order valence-electron chi connectivity index (χ2n) is 11.6. The molecule has 4 rings (SSSR count). The summed E-state index contributed by atoms with van der Waals surface area (Å²) in [6, 6.07) is 0. The van der Waals surface area contributed by atoms with E-state index in [2.05, 4.69) is 26.8 Å². The first kappa shape index (κ1) is 22.1. The van der Waals surface area contributed by atoms with Gasteiger partial charge in [-0.1, -0.05) is 38.5 Å². The normalized spacial score (nSPS) is 44.5. The zero-order valence-corrected chi connectivity index (χ0v) is 19.5. The lowest BCUT2D eigenvalue weighted by Crippen LogP contribution is -2.50. The molecule has 3 fully saturated rings. The lowest BCUT2D eigenvalue weighted by molar-refractivity contribution is -0.132. The van der Waals surface area contributed by atoms with Gasteiger partial charge in [-0.15, -0.1) is 0 Å². The standard InChI is InChI=1S/C27H42O3/c1-17(6-5-7-18(2)25(29)30)22-10-11-23-21-9-8-19-16-20(28)12-14-26(19,3)24(21)13-15-27(22,23)4/h7-8,17,20-24,28H,5-6,9-16H2,1-4H3,(H,29,30)/b18-7+. The van der Waals surface area contributed by atoms with Gasteiger partial charge in [-0.3, -0.25) is 0 Å². The van der Waals surface area contributed by atoms with Crippen molar-refractivity contribution < 1.29 is 15.0 Å². The Hall–Kier alpha value is -1.09. The molecule has 0 aliphatic heterocycles. The Labute approximate surface area is 183 Å². The number of hydrogen-bond acceptors (Lipinski definition) is 2. The van der Waals surface area contributed by atoms with Crippen molar-refractivity contribution in [3.05, 3.63) is 23.3 Å². The first-order chi connectivity index (χ1) is 14.2. The summed E-state index contributed by atoms with van der Waals surface area (Å²) in [7, 11) is 0. The van der Waals surface area contributed by atoms with Crippen molar-refractivity contribution >= 4 is 5.97 Å². The van der Waals surface area contributed by atoms with E-state index < -0.39 is 5.97 Å². The summed E-state index contributed by atoms with van der Waals surface area (Å²) < 4.78 is 0. The number of carbonyl (C=O) groups is 1. The molecule has 3 saturated carbocycles. The number of aliphatic hydroxyl groups excluding tert-OH is 1. The Kier molecular flexibility index (Phi) is 5.98. The number of carboxylic acids is 1. The highest BCUT2D eigenvalue weighted by Crippen LogP contribution is 2.67. The van der Waals surface area contributed by atoms with E-state index >= 15 is 0 Å². The lowest BCUT2D eigenvalue weighted by Gasteiger charge is -2.58. The summed E-state index contributed by atoms with van der Waals surface area (Å²) in [4.78, 5) is 11.1. The quantitative estimate of drug-likeness (QED) is 0.406. The van der Waals surface area contributed by atoms with Crippen molar-refractivity contribution in [3.8, 4) is 0 Å². The number of aliphatic carboxylic acids is 1. The maximum atomic E-state index is 11.1. The summed E-state index contributed by atoms with van der Waals surface area (Å²) in [6.07, 6.45) is 16.0. The van der Waals surface area contributed by atoms with E-state index in [9.17, 15) is 9.90 Å². The van der Waals surface area contributed by atoms with Gasteiger partial charge in [-0.05, 0) is 112 Å². The molecular formula is C27H42O3. The number of carboxylic acid groups (broad SMARTS) is 1. The van der Waals surface area contributed by atoms with E-state index in [0.29, 0.717) is 22.3 Å². The van der Waals surface area contributed by atoms with Crippen LogP contribution in [0.3, 0.4) is 0 Å².